The standard InChI is InChI=1S/C7H4N.Li/c1-2-7-4-3-5-8-6-7;/h3-6H;/q-1;+1. The van der Waals surface area contributed by atoms with Crippen molar-refractivity contribution in [2.45, 2.75) is 0 Å². The zero-order valence-electron chi connectivity index (χ0n) is 5.26. The average molecular weight is 109 g/mol. The van der Waals surface area contributed by atoms with Crippen LogP contribution in [0.4, 0.5) is 0 Å². The van der Waals surface area contributed by atoms with Crippen LogP contribution in [0.3, 0.4) is 0 Å². The molecule has 0 aliphatic heterocycles. The number of nitrogens with zero attached hydrogens (tertiary/aromatic N) is 1. The summed E-state index contributed by atoms with van der Waals surface area (Å²) in [5.74, 6) is 2.21. The van der Waals surface area contributed by atoms with E-state index in [0.717, 1.165) is 0 Å². The van der Waals surface area contributed by atoms with Gasteiger partial charge in [-0.25, -0.2) is 0 Å². The monoisotopic (exact) mass is 109 g/mol. The van der Waals surface area contributed by atoms with Gasteiger partial charge in [-0.1, -0.05) is 6.07 Å². The second-order valence-corrected chi connectivity index (χ2v) is 1.37. The molecule has 0 bridgehead atoms. The Morgan fingerprint density at radius 1 is 1.56 bits per heavy atom. The van der Waals surface area contributed by atoms with Crippen LogP contribution >= 0.6 is 0 Å². The van der Waals surface area contributed by atoms with Crippen LogP contribution in [0.1, 0.15) is 5.56 Å². The Morgan fingerprint density at radius 2 is 2.33 bits per heavy atom. The molecule has 1 aromatic heterocycles. The van der Waals surface area contributed by atoms with E-state index in [2.05, 4.69) is 10.9 Å². The molecule has 2 heteroatoms. The fourth-order valence-corrected chi connectivity index (χ4v) is 0.437. The van der Waals surface area contributed by atoms with E-state index in [0.29, 0.717) is 5.56 Å². The summed E-state index contributed by atoms with van der Waals surface area (Å²) >= 11 is 0. The van der Waals surface area contributed by atoms with Gasteiger partial charge in [-0.05, 0) is 6.20 Å². The van der Waals surface area contributed by atoms with Crippen LogP contribution in [0.25, 0.3) is 0 Å². The van der Waals surface area contributed by atoms with E-state index in [1.807, 2.05) is 0 Å². The van der Waals surface area contributed by atoms with Gasteiger partial charge < -0.3 is 6.42 Å². The van der Waals surface area contributed by atoms with Gasteiger partial charge in [0.15, 0.2) is 0 Å². The zero-order chi connectivity index (χ0) is 5.82. The minimum Gasteiger partial charge on any atom is -0.366 e. The maximum Gasteiger partial charge on any atom is 1.00 e. The molecule has 0 aromatic carbocycles. The first-order valence-electron chi connectivity index (χ1n) is 2.26. The molecular formula is C7H4LiN. The van der Waals surface area contributed by atoms with Gasteiger partial charge in [-0.2, -0.15) is 0 Å². The molecule has 0 unspecified atom stereocenters. The summed E-state index contributed by atoms with van der Waals surface area (Å²) in [7, 11) is 0. The topological polar surface area (TPSA) is 12.9 Å². The summed E-state index contributed by atoms with van der Waals surface area (Å²) in [5, 5.41) is 0. The van der Waals surface area contributed by atoms with Crippen molar-refractivity contribution in [1.29, 1.82) is 0 Å². The third-order valence-corrected chi connectivity index (χ3v) is 0.806. The van der Waals surface area contributed by atoms with Crippen LogP contribution in [0.15, 0.2) is 24.5 Å². The number of hydrogen-bond acceptors (Lipinski definition) is 1. The van der Waals surface area contributed by atoms with E-state index in [1.54, 1.807) is 24.5 Å². The van der Waals surface area contributed by atoms with Crippen molar-refractivity contribution in [3.8, 4) is 5.92 Å². The SMILES string of the molecule is [C-]#Cc1cccnc1.[Li+]. The average Bonchev–Trinajstić information content (AvgIpc) is 1.90. The maximum atomic E-state index is 6.65. The Hall–Kier alpha value is -0.693. The maximum absolute atomic E-state index is 6.65. The van der Waals surface area contributed by atoms with E-state index in [-0.39, 0.29) is 18.9 Å². The number of aromatic nitrogens is 1. The molecule has 0 amide bonds. The normalized spacial score (nSPS) is 7.00. The fraction of sp³-hybridized carbons (Fsp3) is 0. The van der Waals surface area contributed by atoms with E-state index in [4.69, 9.17) is 6.42 Å². The van der Waals surface area contributed by atoms with E-state index < -0.39 is 0 Å². The summed E-state index contributed by atoms with van der Waals surface area (Å²) < 4.78 is 0. The Kier molecular flexibility index (Phi) is 3.89. The molecular weight excluding hydrogens is 105 g/mol. The molecule has 0 atom stereocenters. The minimum atomic E-state index is 0. The predicted molar refractivity (Wildman–Crippen MR) is 30.5 cm³/mol. The van der Waals surface area contributed by atoms with Crippen LogP contribution in [0.5, 0.6) is 0 Å². The number of pyridine rings is 1. The van der Waals surface area contributed by atoms with Gasteiger partial charge in [0, 0.05) is 6.20 Å². The largest absolute Gasteiger partial charge is 1.00 e. The Labute approximate surface area is 66.7 Å². The molecule has 0 N–H and O–H groups in total. The molecule has 9 heavy (non-hydrogen) atoms. The molecule has 0 saturated heterocycles. The molecule has 1 aromatic rings. The first-order chi connectivity index (χ1) is 3.93. The molecule has 1 heterocycles. The second-order valence-electron chi connectivity index (χ2n) is 1.37. The van der Waals surface area contributed by atoms with Crippen LogP contribution < -0.4 is 18.9 Å². The van der Waals surface area contributed by atoms with Crippen LogP contribution in [-0.2, 0) is 0 Å². The third kappa shape index (κ3) is 2.38. The molecule has 1 rings (SSSR count). The zero-order valence-corrected chi connectivity index (χ0v) is 5.26. The summed E-state index contributed by atoms with van der Waals surface area (Å²) in [4.78, 5) is 3.77. The summed E-state index contributed by atoms with van der Waals surface area (Å²) in [6, 6.07) is 3.55. The van der Waals surface area contributed by atoms with Gasteiger partial charge in [-0.3, -0.25) is 10.9 Å². The molecule has 1 nitrogen and oxygen atoms in total. The predicted octanol–water partition coefficient (Wildman–Crippen LogP) is -1.98. The van der Waals surface area contributed by atoms with Crippen LogP contribution in [0.2, 0.25) is 0 Å². The van der Waals surface area contributed by atoms with Crippen molar-refractivity contribution in [3.05, 3.63) is 36.5 Å². The first-order valence-corrected chi connectivity index (χ1v) is 2.26. The Morgan fingerprint density at radius 3 is 2.67 bits per heavy atom. The van der Waals surface area contributed by atoms with Crippen LogP contribution in [0, 0.1) is 12.3 Å². The van der Waals surface area contributed by atoms with Gasteiger partial charge >= 0.3 is 18.9 Å². The number of rotatable bonds is 0. The fourth-order valence-electron chi connectivity index (χ4n) is 0.437. The minimum absolute atomic E-state index is 0. The molecule has 0 saturated carbocycles. The molecule has 0 fully saturated rings. The third-order valence-electron chi connectivity index (χ3n) is 0.806. The summed E-state index contributed by atoms with van der Waals surface area (Å²) in [6.45, 7) is 0. The Balaban J connectivity index is 0.000000640. The van der Waals surface area contributed by atoms with Crippen molar-refractivity contribution < 1.29 is 18.9 Å². The van der Waals surface area contributed by atoms with Crippen molar-refractivity contribution in [2.75, 3.05) is 0 Å². The smallest absolute Gasteiger partial charge is 0.366 e. The Bertz CT molecular complexity index is 200. The molecule has 0 radical (unpaired) electrons. The van der Waals surface area contributed by atoms with Gasteiger partial charge in [-0.15, -0.1) is 11.6 Å². The molecule has 38 valence electrons. The van der Waals surface area contributed by atoms with Crippen molar-refractivity contribution in [2.24, 2.45) is 0 Å². The molecule has 0 aliphatic rings. The molecule has 0 spiro atoms. The van der Waals surface area contributed by atoms with Crippen LogP contribution in [-0.4, -0.2) is 4.98 Å². The van der Waals surface area contributed by atoms with Gasteiger partial charge in [0.2, 0.25) is 0 Å². The summed E-state index contributed by atoms with van der Waals surface area (Å²) in [6.07, 6.45) is 9.91. The summed E-state index contributed by atoms with van der Waals surface area (Å²) in [5.41, 5.74) is 0.715. The van der Waals surface area contributed by atoms with Crippen molar-refractivity contribution in [1.82, 2.24) is 4.98 Å². The molecule has 0 aliphatic carbocycles. The van der Waals surface area contributed by atoms with E-state index in [9.17, 15) is 0 Å². The van der Waals surface area contributed by atoms with Gasteiger partial charge in [0.05, 0.1) is 0 Å². The quantitative estimate of drug-likeness (QED) is 0.214. The van der Waals surface area contributed by atoms with E-state index in [1.165, 1.54) is 0 Å². The van der Waals surface area contributed by atoms with Crippen molar-refractivity contribution >= 4 is 0 Å². The number of hydrogen-bond donors (Lipinski definition) is 0. The van der Waals surface area contributed by atoms with Gasteiger partial charge in [0.25, 0.3) is 0 Å². The second kappa shape index (κ2) is 4.21. The van der Waals surface area contributed by atoms with Gasteiger partial charge in [0.1, 0.15) is 0 Å². The van der Waals surface area contributed by atoms with Crippen molar-refractivity contribution in [3.63, 3.8) is 0 Å². The van der Waals surface area contributed by atoms with E-state index >= 15 is 0 Å². The first kappa shape index (κ1) is 8.31.